The lowest BCUT2D eigenvalue weighted by molar-refractivity contribution is 0.0955. The van der Waals surface area contributed by atoms with Gasteiger partial charge in [-0.3, -0.25) is 9.48 Å². The molecule has 0 spiro atoms. The van der Waals surface area contributed by atoms with Crippen molar-refractivity contribution in [2.45, 2.75) is 6.42 Å². The second-order valence-corrected chi connectivity index (χ2v) is 6.89. The number of ether oxygens (including phenoxy) is 1. The van der Waals surface area contributed by atoms with E-state index in [9.17, 15) is 9.18 Å². The van der Waals surface area contributed by atoms with Gasteiger partial charge in [0.1, 0.15) is 11.6 Å². The normalized spacial score (nSPS) is 10.9. The predicted molar refractivity (Wildman–Crippen MR) is 113 cm³/mol. The smallest absolute Gasteiger partial charge is 0.252 e. The second-order valence-electron chi connectivity index (χ2n) is 6.89. The topological polar surface area (TPSA) is 69.0 Å². The Balaban J connectivity index is 1.59. The Bertz CT molecular complexity index is 1200. The van der Waals surface area contributed by atoms with E-state index in [-0.39, 0.29) is 5.91 Å². The minimum absolute atomic E-state index is 0.249. The van der Waals surface area contributed by atoms with E-state index >= 15 is 0 Å². The molecule has 2 heterocycles. The van der Waals surface area contributed by atoms with Crippen molar-refractivity contribution in [2.75, 3.05) is 13.7 Å². The molecule has 4 rings (SSSR count). The second kappa shape index (κ2) is 8.32. The van der Waals surface area contributed by atoms with Gasteiger partial charge in [-0.15, -0.1) is 0 Å². The summed E-state index contributed by atoms with van der Waals surface area (Å²) in [7, 11) is 3.37. The van der Waals surface area contributed by atoms with Crippen LogP contribution >= 0.6 is 0 Å². The van der Waals surface area contributed by atoms with Gasteiger partial charge in [0.25, 0.3) is 5.91 Å². The van der Waals surface area contributed by atoms with Gasteiger partial charge in [0.15, 0.2) is 5.65 Å². The average Bonchev–Trinajstić information content (AvgIpc) is 3.14. The Morgan fingerprint density at radius 1 is 1.17 bits per heavy atom. The first kappa shape index (κ1) is 19.6. The average molecular weight is 404 g/mol. The van der Waals surface area contributed by atoms with Gasteiger partial charge in [0.05, 0.1) is 30.0 Å². The number of hydrogen-bond acceptors (Lipinski definition) is 4. The van der Waals surface area contributed by atoms with Gasteiger partial charge in [-0.2, -0.15) is 5.10 Å². The molecule has 0 saturated carbocycles. The van der Waals surface area contributed by atoms with Gasteiger partial charge in [-0.1, -0.05) is 24.3 Å². The van der Waals surface area contributed by atoms with E-state index in [1.165, 1.54) is 6.07 Å². The minimum atomic E-state index is -0.391. The number of fused-ring (bicyclic) bond motifs is 1. The summed E-state index contributed by atoms with van der Waals surface area (Å²) < 4.78 is 21.0. The van der Waals surface area contributed by atoms with E-state index in [0.29, 0.717) is 40.8 Å². The number of carbonyl (C=O) groups excluding carboxylic acids is 1. The van der Waals surface area contributed by atoms with Gasteiger partial charge in [-0.05, 0) is 42.3 Å². The van der Waals surface area contributed by atoms with Crippen LogP contribution < -0.4 is 10.1 Å². The fourth-order valence-corrected chi connectivity index (χ4v) is 3.32. The van der Waals surface area contributed by atoms with Gasteiger partial charge < -0.3 is 10.1 Å². The van der Waals surface area contributed by atoms with Crippen molar-refractivity contribution in [3.05, 3.63) is 77.7 Å². The number of halogens is 1. The molecule has 0 aliphatic heterocycles. The maximum absolute atomic E-state index is 14.3. The number of benzene rings is 2. The third kappa shape index (κ3) is 3.87. The minimum Gasteiger partial charge on any atom is -0.497 e. The summed E-state index contributed by atoms with van der Waals surface area (Å²) in [6, 6.07) is 15.7. The molecule has 0 aliphatic rings. The highest BCUT2D eigenvalue weighted by Gasteiger charge is 2.17. The highest BCUT2D eigenvalue weighted by atomic mass is 19.1. The van der Waals surface area contributed by atoms with Crippen LogP contribution in [0.3, 0.4) is 0 Å². The van der Waals surface area contributed by atoms with E-state index < -0.39 is 5.82 Å². The third-order valence-electron chi connectivity index (χ3n) is 4.96. The number of aromatic nitrogens is 3. The molecule has 2 aromatic carbocycles. The van der Waals surface area contributed by atoms with Gasteiger partial charge in [0, 0.05) is 19.2 Å². The van der Waals surface area contributed by atoms with Crippen LogP contribution in [0.4, 0.5) is 4.39 Å². The SMILES string of the molecule is COc1ccc(CCNC(=O)c2cc(-c3ccccc3F)nc3c2cnn3C)cc1. The highest BCUT2D eigenvalue weighted by Crippen LogP contribution is 2.26. The van der Waals surface area contributed by atoms with Crippen molar-refractivity contribution in [2.24, 2.45) is 7.05 Å². The fraction of sp³-hybridized carbons (Fsp3) is 0.174. The first-order valence-corrected chi connectivity index (χ1v) is 9.55. The number of hydrogen-bond donors (Lipinski definition) is 1. The van der Waals surface area contributed by atoms with Crippen LogP contribution in [-0.4, -0.2) is 34.3 Å². The molecule has 0 atom stereocenters. The van der Waals surface area contributed by atoms with Crippen LogP contribution in [-0.2, 0) is 13.5 Å². The van der Waals surface area contributed by atoms with Crippen molar-refractivity contribution < 1.29 is 13.9 Å². The van der Waals surface area contributed by atoms with E-state index in [4.69, 9.17) is 4.74 Å². The molecule has 0 saturated heterocycles. The Morgan fingerprint density at radius 3 is 2.67 bits per heavy atom. The van der Waals surface area contributed by atoms with Gasteiger partial charge >= 0.3 is 0 Å². The zero-order chi connectivity index (χ0) is 21.1. The number of amides is 1. The third-order valence-corrected chi connectivity index (χ3v) is 4.96. The molecule has 0 fully saturated rings. The summed E-state index contributed by atoms with van der Waals surface area (Å²) >= 11 is 0. The number of nitrogens with one attached hydrogen (secondary N) is 1. The fourth-order valence-electron chi connectivity index (χ4n) is 3.32. The molecule has 152 valence electrons. The Morgan fingerprint density at radius 2 is 1.93 bits per heavy atom. The summed E-state index contributed by atoms with van der Waals surface area (Å²) in [5.41, 5.74) is 2.76. The lowest BCUT2D eigenvalue weighted by Gasteiger charge is -2.10. The zero-order valence-corrected chi connectivity index (χ0v) is 16.7. The zero-order valence-electron chi connectivity index (χ0n) is 16.7. The summed E-state index contributed by atoms with van der Waals surface area (Å²) in [6.45, 7) is 0.463. The molecule has 0 unspecified atom stereocenters. The number of carbonyl (C=O) groups is 1. The molecule has 0 bridgehead atoms. The first-order valence-electron chi connectivity index (χ1n) is 9.55. The largest absolute Gasteiger partial charge is 0.497 e. The van der Waals surface area contributed by atoms with Crippen molar-refractivity contribution in [3.8, 4) is 17.0 Å². The molecule has 0 radical (unpaired) electrons. The Labute approximate surface area is 173 Å². The monoisotopic (exact) mass is 404 g/mol. The van der Waals surface area contributed by atoms with E-state index in [2.05, 4.69) is 15.4 Å². The molecule has 1 amide bonds. The number of pyridine rings is 1. The lowest BCUT2D eigenvalue weighted by atomic mass is 10.1. The van der Waals surface area contributed by atoms with Crippen LogP contribution in [0.1, 0.15) is 15.9 Å². The molecule has 2 aromatic heterocycles. The van der Waals surface area contributed by atoms with E-state index in [1.807, 2.05) is 24.3 Å². The number of aryl methyl sites for hydroxylation is 1. The molecule has 4 aromatic rings. The van der Waals surface area contributed by atoms with Crippen LogP contribution in [0, 0.1) is 5.82 Å². The van der Waals surface area contributed by atoms with Gasteiger partial charge in [-0.25, -0.2) is 9.37 Å². The van der Waals surface area contributed by atoms with Crippen molar-refractivity contribution in [1.29, 1.82) is 0 Å². The van der Waals surface area contributed by atoms with Crippen LogP contribution in [0.5, 0.6) is 5.75 Å². The van der Waals surface area contributed by atoms with E-state index in [1.54, 1.807) is 49.3 Å². The summed E-state index contributed by atoms with van der Waals surface area (Å²) in [4.78, 5) is 17.5. The van der Waals surface area contributed by atoms with Crippen molar-refractivity contribution >= 4 is 16.9 Å². The van der Waals surface area contributed by atoms with Crippen molar-refractivity contribution in [1.82, 2.24) is 20.1 Å². The summed E-state index contributed by atoms with van der Waals surface area (Å²) in [5.74, 6) is 0.151. The molecule has 1 N–H and O–H groups in total. The van der Waals surface area contributed by atoms with Crippen LogP contribution in [0.15, 0.2) is 60.8 Å². The summed E-state index contributed by atoms with van der Waals surface area (Å²) in [5, 5.41) is 7.78. The van der Waals surface area contributed by atoms with Crippen molar-refractivity contribution in [3.63, 3.8) is 0 Å². The maximum atomic E-state index is 14.3. The van der Waals surface area contributed by atoms with Gasteiger partial charge in [0.2, 0.25) is 0 Å². The standard InChI is InChI=1S/C23H21FN4O2/c1-28-22-19(14-26-28)18(13-21(27-22)17-5-3-4-6-20(17)24)23(29)25-12-11-15-7-9-16(30-2)10-8-15/h3-10,13-14H,11-12H2,1-2H3,(H,25,29). The molecular weight excluding hydrogens is 383 g/mol. The first-order chi connectivity index (χ1) is 14.6. The predicted octanol–water partition coefficient (Wildman–Crippen LogP) is 3.76. The molecule has 7 heteroatoms. The molecule has 30 heavy (non-hydrogen) atoms. The van der Waals surface area contributed by atoms with Crippen LogP contribution in [0.2, 0.25) is 0 Å². The quantitative estimate of drug-likeness (QED) is 0.531. The van der Waals surface area contributed by atoms with Crippen LogP contribution in [0.25, 0.3) is 22.3 Å². The molecule has 0 aliphatic carbocycles. The Kier molecular flexibility index (Phi) is 5.43. The molecular formula is C23H21FN4O2. The molecule has 6 nitrogen and oxygen atoms in total. The number of rotatable bonds is 6. The highest BCUT2D eigenvalue weighted by molar-refractivity contribution is 6.06. The summed E-state index contributed by atoms with van der Waals surface area (Å²) in [6.07, 6.45) is 2.28. The number of nitrogens with zero attached hydrogens (tertiary/aromatic N) is 3. The van der Waals surface area contributed by atoms with E-state index in [0.717, 1.165) is 11.3 Å². The lowest BCUT2D eigenvalue weighted by Crippen LogP contribution is -2.26. The number of methoxy groups -OCH3 is 1. The maximum Gasteiger partial charge on any atom is 0.252 e. The Hall–Kier alpha value is -3.74.